The van der Waals surface area contributed by atoms with Gasteiger partial charge in [-0.1, -0.05) is 180 Å². The molecule has 3 aliphatic rings. The fourth-order valence-corrected chi connectivity index (χ4v) is 140. The van der Waals surface area contributed by atoms with Gasteiger partial charge in [-0.25, -0.2) is 0 Å². The van der Waals surface area contributed by atoms with E-state index in [-0.39, 0.29) is 0 Å². The Morgan fingerprint density at radius 1 is 0.234 bits per heavy atom. The van der Waals surface area contributed by atoms with Crippen molar-refractivity contribution in [1.29, 1.82) is 0 Å². The lowest BCUT2D eigenvalue weighted by Crippen LogP contribution is -2.65. The summed E-state index contributed by atoms with van der Waals surface area (Å²) in [5.41, 5.74) is 4.65. The molecule has 0 aromatic carbocycles. The van der Waals surface area contributed by atoms with E-state index in [1.807, 2.05) is 13.8 Å². The largest absolute Gasteiger partial charge is 0.456 e. The van der Waals surface area contributed by atoms with Crippen molar-refractivity contribution >= 4 is 203 Å². The number of rotatable bonds is 29. The van der Waals surface area contributed by atoms with Crippen LogP contribution in [0.2, 0.25) is 367 Å². The maximum absolute atomic E-state index is 6.81. The van der Waals surface area contributed by atoms with E-state index in [1.54, 1.807) is 5.67 Å². The van der Waals surface area contributed by atoms with Crippen LogP contribution in [0.4, 0.5) is 0 Å². The normalized spacial score (nSPS) is 24.5. The van der Waals surface area contributed by atoms with E-state index in [9.17, 15) is 0 Å². The predicted molar refractivity (Wildman–Crippen MR) is 618 cm³/mol. The van der Waals surface area contributed by atoms with Crippen LogP contribution in [-0.4, -0.2) is 209 Å². The molecule has 0 N–H and O–H groups in total. The molecule has 3 heterocycles. The van der Waals surface area contributed by atoms with Crippen molar-refractivity contribution in [2.24, 2.45) is 17.8 Å². The molecule has 3 aliphatic heterocycles. The van der Waals surface area contributed by atoms with Crippen LogP contribution in [0.15, 0.2) is 0 Å². The first-order valence-electron chi connectivity index (χ1n) is 49.7. The summed E-state index contributed by atoms with van der Waals surface area (Å²) in [7, 11) is -47.5. The lowest BCUT2D eigenvalue weighted by atomic mass is 10.2. The van der Waals surface area contributed by atoms with Crippen LogP contribution in [0.3, 0.4) is 0 Å². The highest BCUT2D eigenvalue weighted by Gasteiger charge is 2.57. The van der Waals surface area contributed by atoms with Crippen LogP contribution in [0, 0.1) is 17.8 Å². The summed E-state index contributed by atoms with van der Waals surface area (Å²) in [4.78, 5) is 0. The molecule has 0 aromatic heterocycles. The second kappa shape index (κ2) is 52.5. The fraction of sp³-hybridized carbons (Fsp3) is 1.00. The molecule has 8 atom stereocenters. The van der Waals surface area contributed by atoms with Crippen molar-refractivity contribution < 1.29 is 82.9 Å². The molecule has 128 heavy (non-hydrogen) atoms. The van der Waals surface area contributed by atoms with E-state index in [1.165, 1.54) is 19.3 Å². The van der Waals surface area contributed by atoms with Gasteiger partial charge in [-0.05, 0) is 360 Å². The molecule has 0 saturated carbocycles. The molecule has 0 bridgehead atoms. The van der Waals surface area contributed by atoms with Gasteiger partial charge in [0.15, 0.2) is 49.9 Å². The zero-order valence-corrected chi connectivity index (χ0v) is 121. The minimum atomic E-state index is -2.51. The Kier molecular flexibility index (Phi) is 56.8. The molecule has 0 aliphatic carbocycles. The Balaban J connectivity index is -0.000000715. The van der Waals surface area contributed by atoms with Crippen LogP contribution in [0.1, 0.15) is 156 Å². The quantitative estimate of drug-likeness (QED) is 0.0643. The second-order valence-electron chi connectivity index (χ2n) is 51.4. The van der Waals surface area contributed by atoms with Crippen LogP contribution in [0.25, 0.3) is 0 Å². The molecule has 0 radical (unpaired) electrons. The van der Waals surface area contributed by atoms with E-state index in [0.29, 0.717) is 28.8 Å². The standard InChI is InChI=1S/C16H44O6Si6.C14H38O5Si5.C13H32O4Si3.2C11H30O2Si3.C10H26Si2.C9H24OSi2/c1-14-16(2)15-28(13)21-26(9,10)19-24(5,6)17-23(3,4)18-25(7,8)20-27(11,12)22-28;1-12-14(2)13-24(11)18-22(7,8)16-20(3,4)15-21(5,6)17-23(9,10)19-24;1-10-12(2)11-20(9)15-13(3,4)14-18(5,6)16-19(7,8)17-20;1-10-11(2)15(6,7)13-16(8,9)12-14(3,4)5;1-10-11(2)16(9,12-14(3,4)5)13-15(6,7)8;1-8-10(2)12(6,7)9-11(3,4)5;1-8-9(2)12(6,7)10-11(3,4)5/h16H,14-15H2,1-13H3;14H,12-13H2,1-11H3;12H,10-11H2,1-9H3;2*11H,10H2,1-9H3;10H,8-9H2,1-7H3;9H,8H2,1-7H3. The minimum Gasteiger partial charge on any atom is -0.456 e. The Bertz CT molecular complexity index is 3000. The molecule has 3 fully saturated rings. The molecule has 0 spiro atoms. The summed E-state index contributed by atoms with van der Waals surface area (Å²) in [6, 6.07) is 2.90. The van der Waals surface area contributed by atoms with Crippen molar-refractivity contribution in [2.45, 2.75) is 528 Å². The first-order valence-corrected chi connectivity index (χ1v) is 120. The van der Waals surface area contributed by atoms with Gasteiger partial charge in [-0.3, -0.25) is 0 Å². The molecule has 0 amide bonds. The van der Waals surface area contributed by atoms with Crippen LogP contribution in [-0.2, 0) is 82.9 Å². The Morgan fingerprint density at radius 2 is 0.445 bits per heavy atom. The highest BCUT2D eigenvalue weighted by Crippen LogP contribution is 2.42. The van der Waals surface area contributed by atoms with Gasteiger partial charge in [0.25, 0.3) is 0 Å². The summed E-state index contributed by atoms with van der Waals surface area (Å²) in [5.74, 6) is 1.08. The average molecular weight is 2230 g/mol. The zero-order valence-electron chi connectivity index (χ0n) is 97.5. The molecule has 8 unspecified atom stereocenters. The van der Waals surface area contributed by atoms with Crippen LogP contribution in [0.5, 0.6) is 0 Å². The topological polar surface area (TPSA) is 185 Å². The van der Waals surface area contributed by atoms with Crippen LogP contribution >= 0.6 is 0 Å². The summed E-state index contributed by atoms with van der Waals surface area (Å²) in [5, 5.41) is 0. The predicted octanol–water partition coefficient (Wildman–Crippen LogP) is 32.4. The highest BCUT2D eigenvalue weighted by atomic mass is 28.5. The third kappa shape index (κ3) is 64.9. The SMILES string of the molecule is CCC(C)C[Si]1(C)OC(C)(C)O[Si](C)(C)O[Si](C)(C)O1.CCC(C)C[Si]1(C)O[Si](C)(C)O[Si](C)(C)O[Si](C)(C)O[Si](C)(C)O1.CCC(C)C[Si]1(C)O[Si](C)(C)O[Si](C)(C)O[Si](C)(C)O[Si](C)(C)O[Si](C)(C)O1.CCC(C)[Si](C)(C)C[Si](C)(C)C.CCC(C)[Si](C)(C)O[Si](C)(C)C.CCC(C)[Si](C)(C)O[Si](C)(C)O[Si](C)(C)C.CCC(C)[Si](C)(O[Si](C)(C)C)O[Si](C)(C)C. The minimum absolute atomic E-state index is 0.536. The smallest absolute Gasteiger partial charge is 0.328 e. The Morgan fingerprint density at radius 3 is 0.664 bits per heavy atom. The lowest BCUT2D eigenvalue weighted by Gasteiger charge is -2.48. The third-order valence-corrected chi connectivity index (χ3v) is 118. The monoisotopic (exact) mass is 2230 g/mol. The Hall–Kier alpha value is 4.41. The van der Waals surface area contributed by atoms with Gasteiger partial charge in [-0.2, -0.15) is 0 Å². The molecular weight excluding hydrogens is 2000 g/mol. The van der Waals surface area contributed by atoms with Gasteiger partial charge in [0.2, 0.25) is 0 Å². The number of hydrogen-bond acceptors (Lipinski definition) is 20. The van der Waals surface area contributed by atoms with Crippen molar-refractivity contribution in [1.82, 2.24) is 0 Å². The van der Waals surface area contributed by atoms with E-state index in [0.717, 1.165) is 54.9 Å². The fourth-order valence-electron chi connectivity index (χ4n) is 18.6. The van der Waals surface area contributed by atoms with Crippen molar-refractivity contribution in [3.63, 3.8) is 0 Å². The highest BCUT2D eigenvalue weighted by molar-refractivity contribution is 6.97. The van der Waals surface area contributed by atoms with Gasteiger partial charge in [0, 0.05) is 16.1 Å². The van der Waals surface area contributed by atoms with Gasteiger partial charge in [-0.15, -0.1) is 0 Å². The first-order chi connectivity index (χ1) is 55.6. The molecule has 20 nitrogen and oxygen atoms in total. The molecule has 3 rings (SSSR count). The van der Waals surface area contributed by atoms with Crippen molar-refractivity contribution in [3.8, 4) is 0 Å². The summed E-state index contributed by atoms with van der Waals surface area (Å²) < 4.78 is 130. The van der Waals surface area contributed by atoms with Crippen LogP contribution < -0.4 is 0 Å². The van der Waals surface area contributed by atoms with E-state index >= 15 is 0 Å². The third-order valence-electron chi connectivity index (χ3n) is 22.1. The first kappa shape index (κ1) is 139. The lowest BCUT2D eigenvalue weighted by molar-refractivity contribution is -0.123. The van der Waals surface area contributed by atoms with Crippen molar-refractivity contribution in [3.05, 3.63) is 0 Å². The zero-order chi connectivity index (χ0) is 103. The maximum Gasteiger partial charge on any atom is 0.328 e. The van der Waals surface area contributed by atoms with Crippen molar-refractivity contribution in [2.75, 3.05) is 0 Å². The molecule has 776 valence electrons. The second-order valence-corrected chi connectivity index (χ2v) is 148. The Labute approximate surface area is 824 Å². The average Bonchev–Trinajstić information content (AvgIpc) is 0.783. The van der Waals surface area contributed by atoms with Gasteiger partial charge < -0.3 is 82.9 Å². The molecule has 3 saturated heterocycles. The maximum atomic E-state index is 6.81. The van der Waals surface area contributed by atoms with Gasteiger partial charge >= 0.3 is 137 Å². The molecule has 0 aromatic rings. The molecular formula is C84H224O20Si24. The van der Waals surface area contributed by atoms with Gasteiger partial charge in [0.05, 0.1) is 0 Å². The van der Waals surface area contributed by atoms with E-state index in [4.69, 9.17) is 82.9 Å². The van der Waals surface area contributed by atoms with E-state index < -0.39 is 209 Å². The van der Waals surface area contributed by atoms with Gasteiger partial charge in [0.1, 0.15) is 5.79 Å². The summed E-state index contributed by atoms with van der Waals surface area (Å²) in [6.07, 6.45) is 8.36. The van der Waals surface area contributed by atoms with E-state index in [2.05, 4.69) is 418 Å². The number of hydrogen-bond donors (Lipinski definition) is 0. The summed E-state index contributed by atoms with van der Waals surface area (Å²) >= 11 is 0. The summed E-state index contributed by atoms with van der Waals surface area (Å²) in [6.45, 7) is 144. The molecule has 44 heteroatoms.